The number of Topliss-reactive ketones (excluding diaryl/α,β-unsaturated/α-hetero) is 2. The Bertz CT molecular complexity index is 1160. The fourth-order valence-corrected chi connectivity index (χ4v) is 2.96. The Morgan fingerprint density at radius 2 is 1.61 bits per heavy atom. The zero-order valence-corrected chi connectivity index (χ0v) is 19.6. The van der Waals surface area contributed by atoms with Crippen molar-refractivity contribution in [1.82, 2.24) is 19.9 Å². The molecule has 0 radical (unpaired) electrons. The molecule has 12 heteroatoms. The van der Waals surface area contributed by atoms with E-state index in [1.807, 2.05) is 6.92 Å². The van der Waals surface area contributed by atoms with Crippen LogP contribution in [0.3, 0.4) is 0 Å². The van der Waals surface area contributed by atoms with Crippen molar-refractivity contribution in [3.05, 3.63) is 34.7 Å². The maximum Gasteiger partial charge on any atom is 0.344 e. The monoisotopic (exact) mass is 478 g/mol. The van der Waals surface area contributed by atoms with Crippen LogP contribution >= 0.6 is 11.6 Å². The van der Waals surface area contributed by atoms with E-state index in [1.54, 1.807) is 13.8 Å². The van der Waals surface area contributed by atoms with Gasteiger partial charge in [0.1, 0.15) is 28.8 Å². The molecule has 0 aliphatic rings. The number of hydrogen-bond donors (Lipinski definition) is 0. The van der Waals surface area contributed by atoms with E-state index < -0.39 is 5.97 Å². The minimum atomic E-state index is -0.545. The van der Waals surface area contributed by atoms with Crippen molar-refractivity contribution in [3.63, 3.8) is 0 Å². The van der Waals surface area contributed by atoms with Crippen molar-refractivity contribution in [2.45, 2.75) is 34.6 Å². The molecule has 0 saturated carbocycles. The molecule has 3 aromatic heterocycles. The lowest BCUT2D eigenvalue weighted by atomic mass is 10.2. The Morgan fingerprint density at radius 1 is 0.939 bits per heavy atom. The average Bonchev–Trinajstić information content (AvgIpc) is 3.11. The van der Waals surface area contributed by atoms with Crippen molar-refractivity contribution < 1.29 is 33.0 Å². The molecule has 176 valence electrons. The number of hydrogen-bond acceptors (Lipinski definition) is 11. The minimum absolute atomic E-state index is 0.00800. The molecule has 33 heavy (non-hydrogen) atoms. The molecule has 0 saturated heterocycles. The molecule has 0 atom stereocenters. The second kappa shape index (κ2) is 11.9. The van der Waals surface area contributed by atoms with E-state index in [2.05, 4.69) is 24.7 Å². The van der Waals surface area contributed by atoms with E-state index in [1.165, 1.54) is 20.2 Å². The van der Waals surface area contributed by atoms with Gasteiger partial charge in [0.15, 0.2) is 23.9 Å². The number of nitrogens with zero attached hydrogens (tertiary/aromatic N) is 4. The average molecular weight is 479 g/mol. The molecule has 11 nitrogen and oxygen atoms in total. The maximum atomic E-state index is 11.3. The number of ether oxygens (including phenoxy) is 3. The third-order valence-corrected chi connectivity index (χ3v) is 4.33. The van der Waals surface area contributed by atoms with Crippen molar-refractivity contribution in [3.8, 4) is 11.8 Å². The third kappa shape index (κ3) is 6.45. The Hall–Kier alpha value is -3.60. The van der Waals surface area contributed by atoms with E-state index in [0.29, 0.717) is 29.3 Å². The maximum absolute atomic E-state index is 11.3. The van der Waals surface area contributed by atoms with Crippen molar-refractivity contribution in [1.29, 1.82) is 0 Å². The largest absolute Gasteiger partial charge is 0.477 e. The molecule has 0 unspecified atom stereocenters. The van der Waals surface area contributed by atoms with Gasteiger partial charge in [0.05, 0.1) is 13.2 Å². The van der Waals surface area contributed by atoms with Crippen LogP contribution in [0.4, 0.5) is 0 Å². The zero-order chi connectivity index (χ0) is 24.5. The van der Waals surface area contributed by atoms with E-state index in [9.17, 15) is 14.4 Å². The van der Waals surface area contributed by atoms with Gasteiger partial charge in [-0.2, -0.15) is 0 Å². The second-order valence-electron chi connectivity index (χ2n) is 6.40. The quantitative estimate of drug-likeness (QED) is 0.267. The molecule has 3 heterocycles. The molecular formula is C21H23ClN4O7. The van der Waals surface area contributed by atoms with Gasteiger partial charge in [-0.3, -0.25) is 9.59 Å². The predicted molar refractivity (Wildman–Crippen MR) is 117 cm³/mol. The van der Waals surface area contributed by atoms with Gasteiger partial charge in [-0.05, 0) is 27.7 Å². The first kappa shape index (κ1) is 25.7. The summed E-state index contributed by atoms with van der Waals surface area (Å²) in [7, 11) is 0. The van der Waals surface area contributed by atoms with Crippen LogP contribution in [0.2, 0.25) is 5.15 Å². The minimum Gasteiger partial charge on any atom is -0.477 e. The number of carbonyl (C=O) groups excluding carboxylic acids is 3. The van der Waals surface area contributed by atoms with Gasteiger partial charge in [-0.1, -0.05) is 11.6 Å². The number of fused-ring (bicyclic) bond motifs is 1. The molecule has 0 aromatic carbocycles. The molecular weight excluding hydrogens is 456 g/mol. The van der Waals surface area contributed by atoms with Gasteiger partial charge in [-0.15, -0.1) is 0 Å². The van der Waals surface area contributed by atoms with E-state index >= 15 is 0 Å². The number of ketones is 2. The summed E-state index contributed by atoms with van der Waals surface area (Å²) in [6.07, 6.45) is 2.51. The van der Waals surface area contributed by atoms with Gasteiger partial charge in [0, 0.05) is 12.5 Å². The lowest BCUT2D eigenvalue weighted by Gasteiger charge is -2.08. The van der Waals surface area contributed by atoms with Crippen LogP contribution in [0.1, 0.15) is 54.2 Å². The standard InChI is InChI=1S/C11H12N2O3.C10H11ClN2O4/c1-4-15-10-8-6(2)9(7(3)14)16-11(8)13-5-12-10;1-3-16-7(15)4-17-10-8(6(2)14)9(11)12-5-13-10/h5H,4H2,1-3H3;5H,3-4H2,1-2H3. The Balaban J connectivity index is 0.000000234. The molecule has 0 fully saturated rings. The highest BCUT2D eigenvalue weighted by Crippen LogP contribution is 2.30. The number of rotatable bonds is 8. The SMILES string of the molecule is CCOC(=O)COc1ncnc(Cl)c1C(C)=O.CCOc1ncnc2oc(C(C)=O)c(C)c12. The summed E-state index contributed by atoms with van der Waals surface area (Å²) in [6.45, 7) is 8.55. The fraction of sp³-hybridized carbons (Fsp3) is 0.381. The third-order valence-electron chi connectivity index (χ3n) is 4.04. The summed E-state index contributed by atoms with van der Waals surface area (Å²) < 4.78 is 20.5. The van der Waals surface area contributed by atoms with Crippen molar-refractivity contribution >= 4 is 40.2 Å². The summed E-state index contributed by atoms with van der Waals surface area (Å²) in [4.78, 5) is 49.1. The van der Waals surface area contributed by atoms with Crippen LogP contribution in [-0.4, -0.2) is 57.3 Å². The van der Waals surface area contributed by atoms with Crippen LogP contribution in [0.5, 0.6) is 11.8 Å². The first-order chi connectivity index (χ1) is 15.7. The van der Waals surface area contributed by atoms with E-state index in [-0.39, 0.29) is 41.4 Å². The van der Waals surface area contributed by atoms with Gasteiger partial charge in [-0.25, -0.2) is 24.7 Å². The van der Waals surface area contributed by atoms with Gasteiger partial charge < -0.3 is 18.6 Å². The highest BCUT2D eigenvalue weighted by Gasteiger charge is 2.19. The Morgan fingerprint density at radius 3 is 2.21 bits per heavy atom. The number of carbonyl (C=O) groups is 3. The second-order valence-corrected chi connectivity index (χ2v) is 6.76. The molecule has 0 spiro atoms. The molecule has 0 aliphatic heterocycles. The first-order valence-electron chi connectivity index (χ1n) is 9.88. The smallest absolute Gasteiger partial charge is 0.344 e. The van der Waals surface area contributed by atoms with Gasteiger partial charge >= 0.3 is 5.97 Å². The number of aryl methyl sites for hydroxylation is 1. The highest BCUT2D eigenvalue weighted by atomic mass is 35.5. The topological polar surface area (TPSA) is 144 Å². The van der Waals surface area contributed by atoms with Crippen LogP contribution < -0.4 is 9.47 Å². The lowest BCUT2D eigenvalue weighted by molar-refractivity contribution is -0.145. The van der Waals surface area contributed by atoms with Crippen molar-refractivity contribution in [2.75, 3.05) is 19.8 Å². The van der Waals surface area contributed by atoms with Gasteiger partial charge in [0.2, 0.25) is 17.5 Å². The normalized spacial score (nSPS) is 10.2. The molecule has 0 N–H and O–H groups in total. The molecule has 0 aliphatic carbocycles. The zero-order valence-electron chi connectivity index (χ0n) is 18.8. The van der Waals surface area contributed by atoms with Crippen molar-refractivity contribution in [2.24, 2.45) is 0 Å². The predicted octanol–water partition coefficient (Wildman–Crippen LogP) is 3.41. The summed E-state index contributed by atoms with van der Waals surface area (Å²) >= 11 is 5.73. The fourth-order valence-electron chi connectivity index (χ4n) is 2.71. The van der Waals surface area contributed by atoms with Gasteiger partial charge in [0.25, 0.3) is 0 Å². The summed E-state index contributed by atoms with van der Waals surface area (Å²) in [5.74, 6) is -0.257. The van der Waals surface area contributed by atoms with Crippen LogP contribution in [0, 0.1) is 6.92 Å². The number of furan rings is 1. The molecule has 0 amide bonds. The molecule has 0 bridgehead atoms. The number of aromatic nitrogens is 4. The van der Waals surface area contributed by atoms with E-state index in [0.717, 1.165) is 11.9 Å². The van der Waals surface area contributed by atoms with E-state index in [4.69, 9.17) is 25.5 Å². The molecule has 3 rings (SSSR count). The summed E-state index contributed by atoms with van der Waals surface area (Å²) in [6, 6.07) is 0. The Kier molecular flexibility index (Phi) is 9.22. The summed E-state index contributed by atoms with van der Waals surface area (Å²) in [5.41, 5.74) is 1.17. The Labute approximate surface area is 194 Å². The number of halogens is 1. The first-order valence-corrected chi connectivity index (χ1v) is 10.3. The molecule has 3 aromatic rings. The highest BCUT2D eigenvalue weighted by molar-refractivity contribution is 6.33. The van der Waals surface area contributed by atoms with Crippen LogP contribution in [0.25, 0.3) is 11.1 Å². The lowest BCUT2D eigenvalue weighted by Crippen LogP contribution is -2.16. The number of esters is 1. The van der Waals surface area contributed by atoms with Crippen LogP contribution in [0.15, 0.2) is 17.1 Å². The summed E-state index contributed by atoms with van der Waals surface area (Å²) in [5, 5.41) is 0.668. The van der Waals surface area contributed by atoms with Crippen LogP contribution in [-0.2, 0) is 9.53 Å².